The van der Waals surface area contributed by atoms with Crippen molar-refractivity contribution < 1.29 is 4.74 Å². The van der Waals surface area contributed by atoms with Gasteiger partial charge in [-0.15, -0.1) is 0 Å². The lowest BCUT2D eigenvalue weighted by Gasteiger charge is -2.28. The first-order chi connectivity index (χ1) is 6.36. The second kappa shape index (κ2) is 3.66. The van der Waals surface area contributed by atoms with Crippen LogP contribution in [0.25, 0.3) is 0 Å². The summed E-state index contributed by atoms with van der Waals surface area (Å²) in [5, 5.41) is 0. The summed E-state index contributed by atoms with van der Waals surface area (Å²) in [5.74, 6) is 0. The number of rotatable bonds is 1. The van der Waals surface area contributed by atoms with Crippen molar-refractivity contribution in [3.05, 3.63) is 24.3 Å². The fourth-order valence-corrected chi connectivity index (χ4v) is 1.49. The van der Waals surface area contributed by atoms with E-state index in [1.165, 1.54) is 5.69 Å². The molecule has 2 rings (SSSR count). The molecule has 1 heterocycles. The smallest absolute Gasteiger partial charge is 0.0642 e. The molecule has 3 nitrogen and oxygen atoms in total. The van der Waals surface area contributed by atoms with Crippen LogP contribution >= 0.6 is 0 Å². The van der Waals surface area contributed by atoms with Crippen LogP contribution in [0, 0.1) is 6.07 Å². The van der Waals surface area contributed by atoms with Crippen LogP contribution in [0.15, 0.2) is 18.2 Å². The summed E-state index contributed by atoms with van der Waals surface area (Å²) in [6, 6.07) is 8.77. The Kier molecular flexibility index (Phi) is 2.36. The molecule has 1 aromatic rings. The number of benzene rings is 1. The number of nitrogen functional groups attached to an aromatic ring is 1. The minimum Gasteiger partial charge on any atom is -0.398 e. The molecule has 1 aliphatic heterocycles. The van der Waals surface area contributed by atoms with Gasteiger partial charge in [-0.2, -0.15) is 0 Å². The molecule has 0 aliphatic carbocycles. The van der Waals surface area contributed by atoms with Gasteiger partial charge in [-0.25, -0.2) is 0 Å². The van der Waals surface area contributed by atoms with Gasteiger partial charge in [0.25, 0.3) is 0 Å². The number of ether oxygens (including phenoxy) is 1. The van der Waals surface area contributed by atoms with Crippen LogP contribution in [0.5, 0.6) is 0 Å². The minimum absolute atomic E-state index is 0.698. The van der Waals surface area contributed by atoms with Crippen molar-refractivity contribution in [1.82, 2.24) is 0 Å². The number of morpholine rings is 1. The number of nitrogens with zero attached hydrogens (tertiary/aromatic N) is 1. The van der Waals surface area contributed by atoms with E-state index >= 15 is 0 Å². The van der Waals surface area contributed by atoms with Crippen molar-refractivity contribution >= 4 is 11.4 Å². The van der Waals surface area contributed by atoms with Gasteiger partial charge < -0.3 is 15.4 Å². The monoisotopic (exact) mass is 177 g/mol. The summed E-state index contributed by atoms with van der Waals surface area (Å²) >= 11 is 0. The Labute approximate surface area is 78.1 Å². The van der Waals surface area contributed by atoms with Gasteiger partial charge in [-0.3, -0.25) is 0 Å². The highest BCUT2D eigenvalue weighted by atomic mass is 16.5. The van der Waals surface area contributed by atoms with Crippen LogP contribution in [0.3, 0.4) is 0 Å². The van der Waals surface area contributed by atoms with Gasteiger partial charge in [0.15, 0.2) is 0 Å². The van der Waals surface area contributed by atoms with Gasteiger partial charge in [0, 0.05) is 30.5 Å². The van der Waals surface area contributed by atoms with E-state index in [2.05, 4.69) is 11.0 Å². The van der Waals surface area contributed by atoms with Gasteiger partial charge in [-0.1, -0.05) is 6.07 Å². The fourth-order valence-electron chi connectivity index (χ4n) is 1.49. The Morgan fingerprint density at radius 3 is 2.85 bits per heavy atom. The van der Waals surface area contributed by atoms with Gasteiger partial charge in [0.05, 0.1) is 13.2 Å². The Morgan fingerprint density at radius 1 is 1.38 bits per heavy atom. The summed E-state index contributed by atoms with van der Waals surface area (Å²) in [6.07, 6.45) is 0. The second-order valence-electron chi connectivity index (χ2n) is 3.10. The first-order valence-electron chi connectivity index (χ1n) is 4.46. The van der Waals surface area contributed by atoms with Crippen LogP contribution in [-0.4, -0.2) is 26.3 Å². The molecule has 1 radical (unpaired) electrons. The summed E-state index contributed by atoms with van der Waals surface area (Å²) in [5.41, 5.74) is 7.52. The third kappa shape index (κ3) is 1.92. The third-order valence-electron chi connectivity index (χ3n) is 2.18. The SMILES string of the molecule is Nc1[c]ccc(N2CCOCC2)c1. The number of anilines is 2. The topological polar surface area (TPSA) is 38.5 Å². The molecule has 0 spiro atoms. The van der Waals surface area contributed by atoms with Crippen LogP contribution in [0.4, 0.5) is 11.4 Å². The fraction of sp³-hybridized carbons (Fsp3) is 0.400. The highest BCUT2D eigenvalue weighted by Gasteiger charge is 2.10. The quantitative estimate of drug-likeness (QED) is 0.648. The van der Waals surface area contributed by atoms with Gasteiger partial charge >= 0.3 is 0 Å². The molecule has 0 atom stereocenters. The predicted octanol–water partition coefficient (Wildman–Crippen LogP) is 0.906. The normalized spacial score (nSPS) is 17.4. The Bertz CT molecular complexity index is 282. The minimum atomic E-state index is 0.698. The van der Waals surface area contributed by atoms with Crippen molar-refractivity contribution in [2.45, 2.75) is 0 Å². The molecule has 0 amide bonds. The van der Waals surface area contributed by atoms with Crippen molar-refractivity contribution in [1.29, 1.82) is 0 Å². The molecular weight excluding hydrogens is 164 g/mol. The molecule has 1 aliphatic rings. The van der Waals surface area contributed by atoms with Crippen molar-refractivity contribution in [2.24, 2.45) is 0 Å². The van der Waals surface area contributed by atoms with Crippen molar-refractivity contribution in [3.63, 3.8) is 0 Å². The van der Waals surface area contributed by atoms with Crippen LogP contribution in [0.1, 0.15) is 0 Å². The van der Waals surface area contributed by atoms with Crippen molar-refractivity contribution in [3.8, 4) is 0 Å². The van der Waals surface area contributed by atoms with Gasteiger partial charge in [0.1, 0.15) is 0 Å². The molecule has 1 saturated heterocycles. The molecule has 3 heteroatoms. The van der Waals surface area contributed by atoms with Gasteiger partial charge in [0.2, 0.25) is 0 Å². The van der Waals surface area contributed by atoms with E-state index < -0.39 is 0 Å². The summed E-state index contributed by atoms with van der Waals surface area (Å²) in [6.45, 7) is 3.50. The van der Waals surface area contributed by atoms with E-state index in [1.807, 2.05) is 18.2 Å². The zero-order valence-corrected chi connectivity index (χ0v) is 7.49. The maximum atomic E-state index is 5.65. The van der Waals surface area contributed by atoms with Gasteiger partial charge in [-0.05, 0) is 12.1 Å². The lowest BCUT2D eigenvalue weighted by molar-refractivity contribution is 0.122. The van der Waals surface area contributed by atoms with E-state index in [1.54, 1.807) is 0 Å². The molecule has 1 aromatic carbocycles. The molecule has 0 saturated carbocycles. The van der Waals surface area contributed by atoms with Crippen LogP contribution in [-0.2, 0) is 4.74 Å². The third-order valence-corrected chi connectivity index (χ3v) is 2.18. The van der Waals surface area contributed by atoms with E-state index in [-0.39, 0.29) is 0 Å². The Balaban J connectivity index is 2.14. The van der Waals surface area contributed by atoms with Crippen LogP contribution < -0.4 is 10.6 Å². The standard InChI is InChI=1S/C10H13N2O/c11-9-2-1-3-10(8-9)12-4-6-13-7-5-12/h1,3,8H,4-7,11H2. The van der Waals surface area contributed by atoms with Crippen molar-refractivity contribution in [2.75, 3.05) is 36.9 Å². The summed E-state index contributed by atoms with van der Waals surface area (Å²) in [7, 11) is 0. The molecule has 0 aromatic heterocycles. The molecular formula is C10H13N2O. The zero-order valence-electron chi connectivity index (χ0n) is 7.49. The van der Waals surface area contributed by atoms with E-state index in [4.69, 9.17) is 10.5 Å². The first-order valence-corrected chi connectivity index (χ1v) is 4.46. The predicted molar refractivity (Wildman–Crippen MR) is 52.7 cm³/mol. The summed E-state index contributed by atoms with van der Waals surface area (Å²) < 4.78 is 5.27. The molecule has 1 fully saturated rings. The highest BCUT2D eigenvalue weighted by Crippen LogP contribution is 2.17. The van der Waals surface area contributed by atoms with E-state index in [0.717, 1.165) is 26.3 Å². The molecule has 0 unspecified atom stereocenters. The number of hydrogen-bond donors (Lipinski definition) is 1. The molecule has 2 N–H and O–H groups in total. The zero-order chi connectivity index (χ0) is 9.10. The average molecular weight is 177 g/mol. The lowest BCUT2D eigenvalue weighted by atomic mass is 10.2. The Hall–Kier alpha value is -1.22. The first kappa shape index (κ1) is 8.38. The highest BCUT2D eigenvalue weighted by molar-refractivity contribution is 5.55. The Morgan fingerprint density at radius 2 is 2.15 bits per heavy atom. The number of nitrogens with two attached hydrogens (primary N) is 1. The lowest BCUT2D eigenvalue weighted by Crippen LogP contribution is -2.36. The number of hydrogen-bond acceptors (Lipinski definition) is 3. The molecule has 69 valence electrons. The second-order valence-corrected chi connectivity index (χ2v) is 3.10. The van der Waals surface area contributed by atoms with Crippen LogP contribution in [0.2, 0.25) is 0 Å². The summed E-state index contributed by atoms with van der Waals surface area (Å²) in [4.78, 5) is 2.27. The average Bonchev–Trinajstić information content (AvgIpc) is 2.19. The maximum Gasteiger partial charge on any atom is 0.0642 e. The van der Waals surface area contributed by atoms with E-state index in [9.17, 15) is 0 Å². The largest absolute Gasteiger partial charge is 0.398 e. The van der Waals surface area contributed by atoms with E-state index in [0.29, 0.717) is 5.69 Å². The molecule has 0 bridgehead atoms. The molecule has 13 heavy (non-hydrogen) atoms. The maximum absolute atomic E-state index is 5.65.